The summed E-state index contributed by atoms with van der Waals surface area (Å²) < 4.78 is 0. The van der Waals surface area contributed by atoms with Gasteiger partial charge in [-0.25, -0.2) is 0 Å². The van der Waals surface area contributed by atoms with Crippen molar-refractivity contribution >= 4 is 53.9 Å². The number of carbonyl (C=O) groups is 1. The van der Waals surface area contributed by atoms with Gasteiger partial charge in [0.25, 0.3) is 5.69 Å². The number of rotatable bonds is 4. The molecule has 4 rings (SSSR count). The standard InChI is InChI=1S/C19H27N5O3S.2ClH/c25-19(23-10-11-28-14-23)18-12-17(13-20-18)22-7-1-6-21(8-9-22)15-2-4-16(5-3-15)24(26)27;;/h2-5,17-18,20H,1,6-14H2;2*1H/t17-,18-;;/m0../s1. The van der Waals surface area contributed by atoms with E-state index >= 15 is 0 Å². The van der Waals surface area contributed by atoms with Crippen LogP contribution in [0.5, 0.6) is 0 Å². The first-order valence-corrected chi connectivity index (χ1v) is 11.1. The highest BCUT2D eigenvalue weighted by Crippen LogP contribution is 2.23. The van der Waals surface area contributed by atoms with E-state index in [9.17, 15) is 14.9 Å². The van der Waals surface area contributed by atoms with E-state index in [1.807, 2.05) is 28.8 Å². The quantitative estimate of drug-likeness (QED) is 0.525. The van der Waals surface area contributed by atoms with Crippen LogP contribution in [0.2, 0.25) is 0 Å². The van der Waals surface area contributed by atoms with Gasteiger partial charge >= 0.3 is 0 Å². The van der Waals surface area contributed by atoms with Gasteiger partial charge in [-0.1, -0.05) is 0 Å². The number of hydrogen-bond acceptors (Lipinski definition) is 7. The zero-order valence-corrected chi connectivity index (χ0v) is 19.2. The van der Waals surface area contributed by atoms with Crippen LogP contribution in [0.3, 0.4) is 0 Å². The molecule has 2 atom stereocenters. The number of nitro groups is 1. The number of carbonyl (C=O) groups excluding carboxylic acids is 1. The van der Waals surface area contributed by atoms with Crippen LogP contribution >= 0.6 is 36.6 Å². The Bertz CT molecular complexity index is 721. The molecule has 0 saturated carbocycles. The summed E-state index contributed by atoms with van der Waals surface area (Å²) >= 11 is 1.83. The van der Waals surface area contributed by atoms with Crippen LogP contribution in [0.4, 0.5) is 11.4 Å². The average Bonchev–Trinajstić information content (AvgIpc) is 3.36. The Balaban J connectivity index is 0.00000160. The fourth-order valence-electron chi connectivity index (χ4n) is 4.34. The summed E-state index contributed by atoms with van der Waals surface area (Å²) in [6, 6.07) is 7.19. The first-order valence-electron chi connectivity index (χ1n) is 9.95. The van der Waals surface area contributed by atoms with Crippen molar-refractivity contribution in [3.63, 3.8) is 0 Å². The number of nitro benzene ring substituents is 1. The molecule has 3 aliphatic rings. The number of amides is 1. The summed E-state index contributed by atoms with van der Waals surface area (Å²) in [5, 5.41) is 14.3. The lowest BCUT2D eigenvalue weighted by atomic mass is 10.1. The summed E-state index contributed by atoms with van der Waals surface area (Å²) in [5.74, 6) is 2.14. The molecule has 0 radical (unpaired) electrons. The highest BCUT2D eigenvalue weighted by atomic mass is 35.5. The largest absolute Gasteiger partial charge is 0.370 e. The van der Waals surface area contributed by atoms with Crippen molar-refractivity contribution in [3.05, 3.63) is 34.4 Å². The lowest BCUT2D eigenvalue weighted by Gasteiger charge is -2.27. The Morgan fingerprint density at radius 3 is 2.53 bits per heavy atom. The van der Waals surface area contributed by atoms with Gasteiger partial charge in [-0.05, 0) is 25.0 Å². The summed E-state index contributed by atoms with van der Waals surface area (Å²) in [4.78, 5) is 29.9. The van der Waals surface area contributed by atoms with E-state index in [1.54, 1.807) is 12.1 Å². The number of benzene rings is 1. The second-order valence-electron chi connectivity index (χ2n) is 7.64. The van der Waals surface area contributed by atoms with Crippen molar-refractivity contribution in [1.29, 1.82) is 0 Å². The number of nitrogens with zero attached hydrogens (tertiary/aromatic N) is 4. The van der Waals surface area contributed by atoms with Gasteiger partial charge in [-0.15, -0.1) is 36.6 Å². The maximum atomic E-state index is 12.6. The summed E-state index contributed by atoms with van der Waals surface area (Å²) in [5.41, 5.74) is 1.17. The average molecular weight is 478 g/mol. The van der Waals surface area contributed by atoms with Crippen LogP contribution in [-0.4, -0.2) is 83.6 Å². The Morgan fingerprint density at radius 2 is 1.87 bits per heavy atom. The van der Waals surface area contributed by atoms with Crippen molar-refractivity contribution in [2.24, 2.45) is 0 Å². The normalized spacial score (nSPS) is 24.7. The molecule has 1 amide bonds. The van der Waals surface area contributed by atoms with Crippen LogP contribution < -0.4 is 10.2 Å². The van der Waals surface area contributed by atoms with Crippen molar-refractivity contribution in [1.82, 2.24) is 15.1 Å². The third-order valence-corrected chi connectivity index (χ3v) is 6.91. The monoisotopic (exact) mass is 477 g/mol. The molecule has 1 aromatic carbocycles. The van der Waals surface area contributed by atoms with Gasteiger partial charge in [0, 0.05) is 68.9 Å². The number of non-ortho nitro benzene ring substituents is 1. The van der Waals surface area contributed by atoms with Gasteiger partial charge in [0.15, 0.2) is 0 Å². The van der Waals surface area contributed by atoms with E-state index in [4.69, 9.17) is 0 Å². The summed E-state index contributed by atoms with van der Waals surface area (Å²) in [6.45, 7) is 5.56. The second kappa shape index (κ2) is 11.4. The van der Waals surface area contributed by atoms with E-state index in [2.05, 4.69) is 15.1 Å². The second-order valence-corrected chi connectivity index (χ2v) is 8.71. The number of hydrogen-bond donors (Lipinski definition) is 1. The molecule has 11 heteroatoms. The minimum absolute atomic E-state index is 0. The molecule has 1 aromatic rings. The molecule has 0 bridgehead atoms. The number of thioether (sulfide) groups is 1. The van der Waals surface area contributed by atoms with Crippen LogP contribution in [0.15, 0.2) is 24.3 Å². The number of nitrogens with one attached hydrogen (secondary N) is 1. The van der Waals surface area contributed by atoms with Crippen molar-refractivity contribution in [3.8, 4) is 0 Å². The summed E-state index contributed by atoms with van der Waals surface area (Å²) in [7, 11) is 0. The fraction of sp³-hybridized carbons (Fsp3) is 0.632. The van der Waals surface area contributed by atoms with Crippen LogP contribution in [0.25, 0.3) is 0 Å². The predicted octanol–water partition coefficient (Wildman–Crippen LogP) is 2.21. The van der Waals surface area contributed by atoms with Crippen molar-refractivity contribution < 1.29 is 9.72 Å². The fourth-order valence-corrected chi connectivity index (χ4v) is 5.29. The SMILES string of the molecule is Cl.Cl.O=C([C@@H]1C[C@H](N2CCCN(c3ccc([N+](=O)[O-])cc3)CC2)CN1)N1CCSC1. The van der Waals surface area contributed by atoms with Gasteiger partial charge in [-0.2, -0.15) is 0 Å². The molecule has 8 nitrogen and oxygen atoms in total. The molecule has 0 unspecified atom stereocenters. The van der Waals surface area contributed by atoms with Gasteiger partial charge in [0.05, 0.1) is 16.8 Å². The molecule has 0 aromatic heterocycles. The molecule has 0 spiro atoms. The van der Waals surface area contributed by atoms with Crippen molar-refractivity contribution in [2.45, 2.75) is 24.9 Å². The minimum atomic E-state index is -0.362. The molecule has 3 aliphatic heterocycles. The van der Waals surface area contributed by atoms with Gasteiger partial charge in [0.1, 0.15) is 0 Å². The zero-order chi connectivity index (χ0) is 19.5. The third-order valence-electron chi connectivity index (χ3n) is 5.94. The first kappa shape index (κ1) is 25.0. The highest BCUT2D eigenvalue weighted by Gasteiger charge is 2.36. The maximum absolute atomic E-state index is 12.6. The Hall–Kier alpha value is -1.26. The lowest BCUT2D eigenvalue weighted by molar-refractivity contribution is -0.384. The van der Waals surface area contributed by atoms with Crippen LogP contribution in [0.1, 0.15) is 12.8 Å². The van der Waals surface area contributed by atoms with Crippen molar-refractivity contribution in [2.75, 3.05) is 55.8 Å². The molecule has 0 aliphatic carbocycles. The van der Waals surface area contributed by atoms with Crippen LogP contribution in [-0.2, 0) is 4.79 Å². The smallest absolute Gasteiger partial charge is 0.269 e. The van der Waals surface area contributed by atoms with E-state index in [1.165, 1.54) is 0 Å². The molecular formula is C19H29Cl2N5O3S. The summed E-state index contributed by atoms with van der Waals surface area (Å²) in [6.07, 6.45) is 1.94. The van der Waals surface area contributed by atoms with E-state index in [0.717, 1.165) is 69.4 Å². The maximum Gasteiger partial charge on any atom is 0.269 e. The zero-order valence-electron chi connectivity index (χ0n) is 16.8. The lowest BCUT2D eigenvalue weighted by Crippen LogP contribution is -2.42. The third kappa shape index (κ3) is 5.70. The van der Waals surface area contributed by atoms with Crippen LogP contribution in [0, 0.1) is 10.1 Å². The molecule has 168 valence electrons. The van der Waals surface area contributed by atoms with Gasteiger partial charge < -0.3 is 15.1 Å². The Morgan fingerprint density at radius 1 is 1.10 bits per heavy atom. The predicted molar refractivity (Wildman–Crippen MR) is 125 cm³/mol. The van der Waals surface area contributed by atoms with E-state index in [-0.39, 0.29) is 47.4 Å². The number of anilines is 1. The van der Waals surface area contributed by atoms with Gasteiger partial charge in [0.2, 0.25) is 5.91 Å². The number of halogens is 2. The molecule has 3 fully saturated rings. The molecule has 1 N–H and O–H groups in total. The molecular weight excluding hydrogens is 449 g/mol. The molecule has 3 heterocycles. The molecule has 30 heavy (non-hydrogen) atoms. The molecule has 3 saturated heterocycles. The van der Waals surface area contributed by atoms with E-state index in [0.29, 0.717) is 6.04 Å². The van der Waals surface area contributed by atoms with Gasteiger partial charge in [-0.3, -0.25) is 19.8 Å². The highest BCUT2D eigenvalue weighted by molar-refractivity contribution is 7.99. The Labute approximate surface area is 193 Å². The topological polar surface area (TPSA) is 82.0 Å². The minimum Gasteiger partial charge on any atom is -0.370 e. The van der Waals surface area contributed by atoms with E-state index < -0.39 is 0 Å². The Kier molecular flexibility index (Phi) is 9.49. The first-order chi connectivity index (χ1) is 13.6.